The number of hydrogen-bond donors (Lipinski definition) is 0. The molecule has 3 nitrogen and oxygen atoms in total. The lowest BCUT2D eigenvalue weighted by molar-refractivity contribution is -0.117. The van der Waals surface area contributed by atoms with E-state index >= 15 is 0 Å². The second-order valence-corrected chi connectivity index (χ2v) is 7.86. The highest BCUT2D eigenvalue weighted by Crippen LogP contribution is 2.23. The van der Waals surface area contributed by atoms with Crippen LogP contribution in [0.1, 0.15) is 30.9 Å². The number of halogens is 1. The fourth-order valence-electron chi connectivity index (χ4n) is 2.79. The fraction of sp³-hybridized carbons (Fsp3) is 0.238. The largest absolute Gasteiger partial charge is 0.313 e. The summed E-state index contributed by atoms with van der Waals surface area (Å²) < 4.78 is 3.16. The molecule has 0 radical (unpaired) electrons. The van der Waals surface area contributed by atoms with Crippen LogP contribution in [-0.2, 0) is 17.8 Å². The molecule has 0 spiro atoms. The van der Waals surface area contributed by atoms with E-state index in [-0.39, 0.29) is 12.3 Å². The van der Waals surface area contributed by atoms with Crippen LogP contribution in [0.25, 0.3) is 10.2 Å². The first-order valence-corrected chi connectivity index (χ1v) is 9.74. The van der Waals surface area contributed by atoms with Gasteiger partial charge in [-0.2, -0.15) is 4.99 Å². The summed E-state index contributed by atoms with van der Waals surface area (Å²) in [6.45, 7) is 8.78. The van der Waals surface area contributed by atoms with Gasteiger partial charge < -0.3 is 4.57 Å². The van der Waals surface area contributed by atoms with Gasteiger partial charge in [0.1, 0.15) is 0 Å². The Morgan fingerprint density at radius 2 is 2.08 bits per heavy atom. The SMILES string of the molecule is C=CCn1c(=NC(=O)Cc2ccccc2Cl)sc2cc(C(C)C)ccc21. The maximum absolute atomic E-state index is 12.5. The van der Waals surface area contributed by atoms with Crippen molar-refractivity contribution in [1.82, 2.24) is 4.57 Å². The molecule has 0 unspecified atom stereocenters. The molecular weight excluding hydrogens is 364 g/mol. The molecule has 1 amide bonds. The number of nitrogens with zero attached hydrogens (tertiary/aromatic N) is 2. The molecule has 0 aliphatic carbocycles. The minimum absolute atomic E-state index is 0.194. The van der Waals surface area contributed by atoms with E-state index in [1.165, 1.54) is 16.9 Å². The number of fused-ring (bicyclic) bond motifs is 1. The van der Waals surface area contributed by atoms with E-state index in [0.717, 1.165) is 15.8 Å². The quantitative estimate of drug-likeness (QED) is 0.547. The molecule has 0 bridgehead atoms. The molecule has 0 fully saturated rings. The highest BCUT2D eigenvalue weighted by Gasteiger charge is 2.10. The number of allylic oxidation sites excluding steroid dienone is 1. The molecule has 26 heavy (non-hydrogen) atoms. The number of benzene rings is 2. The van der Waals surface area contributed by atoms with E-state index in [2.05, 4.69) is 43.6 Å². The first kappa shape index (κ1) is 18.6. The van der Waals surface area contributed by atoms with Crippen LogP contribution < -0.4 is 4.80 Å². The van der Waals surface area contributed by atoms with Crippen molar-refractivity contribution in [3.8, 4) is 0 Å². The lowest BCUT2D eigenvalue weighted by atomic mass is 10.0. The molecule has 3 aromatic rings. The maximum atomic E-state index is 12.5. The van der Waals surface area contributed by atoms with Crippen LogP contribution in [0.3, 0.4) is 0 Å². The highest BCUT2D eigenvalue weighted by atomic mass is 35.5. The summed E-state index contributed by atoms with van der Waals surface area (Å²) in [6, 6.07) is 13.8. The lowest BCUT2D eigenvalue weighted by Gasteiger charge is -2.06. The normalized spacial score (nSPS) is 12.1. The molecule has 5 heteroatoms. The molecule has 1 aromatic heterocycles. The van der Waals surface area contributed by atoms with Gasteiger partial charge in [-0.1, -0.05) is 67.1 Å². The summed E-state index contributed by atoms with van der Waals surface area (Å²) in [5.74, 6) is 0.253. The van der Waals surface area contributed by atoms with Crippen LogP contribution in [0.5, 0.6) is 0 Å². The number of amides is 1. The first-order chi connectivity index (χ1) is 12.5. The summed E-state index contributed by atoms with van der Waals surface area (Å²) in [7, 11) is 0. The van der Waals surface area contributed by atoms with Crippen molar-refractivity contribution in [2.75, 3.05) is 0 Å². The minimum Gasteiger partial charge on any atom is -0.313 e. The zero-order valence-electron chi connectivity index (χ0n) is 14.9. The lowest BCUT2D eigenvalue weighted by Crippen LogP contribution is -2.17. The van der Waals surface area contributed by atoms with E-state index in [1.807, 2.05) is 28.8 Å². The molecule has 0 atom stereocenters. The molecule has 2 aromatic carbocycles. The fourth-order valence-corrected chi connectivity index (χ4v) is 4.10. The Balaban J connectivity index is 2.03. The molecule has 0 saturated heterocycles. The summed E-state index contributed by atoms with van der Waals surface area (Å²) in [5.41, 5.74) is 3.14. The van der Waals surface area contributed by atoms with Crippen molar-refractivity contribution in [1.29, 1.82) is 0 Å². The minimum atomic E-state index is -0.202. The smallest absolute Gasteiger partial charge is 0.252 e. The number of carbonyl (C=O) groups is 1. The van der Waals surface area contributed by atoms with Gasteiger partial charge in [0.15, 0.2) is 4.80 Å². The maximum Gasteiger partial charge on any atom is 0.252 e. The average molecular weight is 385 g/mol. The molecule has 1 heterocycles. The van der Waals surface area contributed by atoms with Crippen LogP contribution in [0.2, 0.25) is 5.02 Å². The zero-order valence-corrected chi connectivity index (χ0v) is 16.5. The Hall–Kier alpha value is -2.17. The Bertz CT molecular complexity index is 1030. The molecule has 3 rings (SSSR count). The van der Waals surface area contributed by atoms with Crippen LogP contribution in [0, 0.1) is 0 Å². The van der Waals surface area contributed by atoms with Crippen LogP contribution >= 0.6 is 22.9 Å². The van der Waals surface area contributed by atoms with Crippen molar-refractivity contribution in [3.05, 3.63) is 76.1 Å². The summed E-state index contributed by atoms with van der Waals surface area (Å²) in [6.07, 6.45) is 2.01. The second kappa shape index (κ2) is 8.02. The number of rotatable bonds is 5. The highest BCUT2D eigenvalue weighted by molar-refractivity contribution is 7.16. The Morgan fingerprint density at radius 1 is 1.31 bits per heavy atom. The van der Waals surface area contributed by atoms with Gasteiger partial charge in [0.25, 0.3) is 5.91 Å². The van der Waals surface area contributed by atoms with E-state index in [4.69, 9.17) is 11.6 Å². The predicted octanol–water partition coefficient (Wildman–Crippen LogP) is 5.34. The first-order valence-electron chi connectivity index (χ1n) is 8.54. The summed E-state index contributed by atoms with van der Waals surface area (Å²) in [4.78, 5) is 17.5. The summed E-state index contributed by atoms with van der Waals surface area (Å²) in [5, 5.41) is 0.591. The molecule has 0 saturated carbocycles. The van der Waals surface area contributed by atoms with Crippen molar-refractivity contribution >= 4 is 39.1 Å². The van der Waals surface area contributed by atoms with Gasteiger partial charge in [-0.3, -0.25) is 4.79 Å². The second-order valence-electron chi connectivity index (χ2n) is 6.44. The molecule has 0 aliphatic rings. The van der Waals surface area contributed by atoms with Gasteiger partial charge in [0, 0.05) is 11.6 Å². The van der Waals surface area contributed by atoms with Gasteiger partial charge in [-0.15, -0.1) is 6.58 Å². The van der Waals surface area contributed by atoms with Crippen LogP contribution in [-0.4, -0.2) is 10.5 Å². The van der Waals surface area contributed by atoms with E-state index in [1.54, 1.807) is 6.07 Å². The third kappa shape index (κ3) is 3.97. The van der Waals surface area contributed by atoms with Crippen LogP contribution in [0.4, 0.5) is 0 Å². The molecular formula is C21H21ClN2OS. The molecule has 0 N–H and O–H groups in total. The monoisotopic (exact) mass is 384 g/mol. The van der Waals surface area contributed by atoms with Crippen molar-refractivity contribution in [2.24, 2.45) is 4.99 Å². The van der Waals surface area contributed by atoms with Crippen molar-refractivity contribution in [3.63, 3.8) is 0 Å². The van der Waals surface area contributed by atoms with Crippen molar-refractivity contribution < 1.29 is 4.79 Å². The average Bonchev–Trinajstić information content (AvgIpc) is 2.94. The number of aromatic nitrogens is 1. The van der Waals surface area contributed by atoms with E-state index in [9.17, 15) is 4.79 Å². The Morgan fingerprint density at radius 3 is 2.77 bits per heavy atom. The Labute approximate surface area is 162 Å². The predicted molar refractivity (Wildman–Crippen MR) is 110 cm³/mol. The Kier molecular flexibility index (Phi) is 5.74. The van der Waals surface area contributed by atoms with Crippen LogP contribution in [0.15, 0.2) is 60.1 Å². The van der Waals surface area contributed by atoms with Gasteiger partial charge in [0.05, 0.1) is 16.6 Å². The topological polar surface area (TPSA) is 34.4 Å². The number of thiazole rings is 1. The third-order valence-electron chi connectivity index (χ3n) is 4.21. The van der Waals surface area contributed by atoms with Gasteiger partial charge in [-0.05, 0) is 35.2 Å². The summed E-state index contributed by atoms with van der Waals surface area (Å²) >= 11 is 7.69. The van der Waals surface area contributed by atoms with Gasteiger partial charge in [0.2, 0.25) is 0 Å². The number of carbonyl (C=O) groups excluding carboxylic acids is 1. The number of hydrogen-bond acceptors (Lipinski definition) is 2. The zero-order chi connectivity index (χ0) is 18.7. The third-order valence-corrected chi connectivity index (χ3v) is 5.61. The van der Waals surface area contributed by atoms with Crippen molar-refractivity contribution in [2.45, 2.75) is 32.7 Å². The molecule has 0 aliphatic heterocycles. The van der Waals surface area contributed by atoms with E-state index < -0.39 is 0 Å². The van der Waals surface area contributed by atoms with Gasteiger partial charge in [-0.25, -0.2) is 0 Å². The molecule has 134 valence electrons. The van der Waals surface area contributed by atoms with E-state index in [0.29, 0.717) is 22.3 Å². The van der Waals surface area contributed by atoms with Gasteiger partial charge >= 0.3 is 0 Å². The standard InChI is InChI=1S/C21H21ClN2OS/c1-4-11-24-18-10-9-15(14(2)3)12-19(18)26-21(24)23-20(25)13-16-7-5-6-8-17(16)22/h4-10,12,14H,1,11,13H2,2-3H3.